The third-order valence-electron chi connectivity index (χ3n) is 6.10. The van der Waals surface area contributed by atoms with Crippen molar-refractivity contribution in [1.29, 1.82) is 0 Å². The van der Waals surface area contributed by atoms with Crippen LogP contribution in [0.25, 0.3) is 16.8 Å². The predicted octanol–water partition coefficient (Wildman–Crippen LogP) is 1.67. The van der Waals surface area contributed by atoms with E-state index in [4.69, 9.17) is 0 Å². The zero-order valence-corrected chi connectivity index (χ0v) is 16.7. The number of aromatic amines is 1. The molecule has 2 atom stereocenters. The van der Waals surface area contributed by atoms with Crippen molar-refractivity contribution in [3.05, 3.63) is 24.3 Å². The summed E-state index contributed by atoms with van der Waals surface area (Å²) in [6.45, 7) is 3.56. The highest BCUT2D eigenvalue weighted by Crippen LogP contribution is 2.36. The van der Waals surface area contributed by atoms with Gasteiger partial charge in [0.25, 0.3) is 10.2 Å². The highest BCUT2D eigenvalue weighted by atomic mass is 32.2. The van der Waals surface area contributed by atoms with Crippen LogP contribution in [0.15, 0.2) is 18.5 Å². The SMILES string of the molecule is CC[C@@H]1CN(S(=O)(=O)NCCC2CC2)C[C@@H]1c1nnc2cnc3[nH]ccc3n12. The minimum absolute atomic E-state index is 0.000470. The molecule has 1 saturated heterocycles. The number of nitrogens with zero attached hydrogens (tertiary/aromatic N) is 5. The van der Waals surface area contributed by atoms with Crippen LogP contribution in [-0.4, -0.2) is 56.9 Å². The van der Waals surface area contributed by atoms with Gasteiger partial charge in [-0.15, -0.1) is 10.2 Å². The highest BCUT2D eigenvalue weighted by molar-refractivity contribution is 7.87. The lowest BCUT2D eigenvalue weighted by atomic mass is 9.93. The summed E-state index contributed by atoms with van der Waals surface area (Å²) in [7, 11) is -3.47. The van der Waals surface area contributed by atoms with Gasteiger partial charge in [0.05, 0.1) is 11.7 Å². The molecule has 0 bridgehead atoms. The van der Waals surface area contributed by atoms with Crippen molar-refractivity contribution in [2.45, 2.75) is 38.5 Å². The molecular weight excluding hydrogens is 378 g/mol. The van der Waals surface area contributed by atoms with Crippen LogP contribution >= 0.6 is 0 Å². The summed E-state index contributed by atoms with van der Waals surface area (Å²) in [6.07, 6.45) is 7.81. The molecule has 0 unspecified atom stereocenters. The zero-order valence-electron chi connectivity index (χ0n) is 15.9. The molecule has 5 rings (SSSR count). The number of fused-ring (bicyclic) bond motifs is 3. The monoisotopic (exact) mass is 403 g/mol. The minimum Gasteiger partial charge on any atom is -0.345 e. The molecule has 0 spiro atoms. The van der Waals surface area contributed by atoms with Gasteiger partial charge >= 0.3 is 0 Å². The summed E-state index contributed by atoms with van der Waals surface area (Å²) in [4.78, 5) is 7.47. The van der Waals surface area contributed by atoms with E-state index in [-0.39, 0.29) is 11.8 Å². The lowest BCUT2D eigenvalue weighted by Gasteiger charge is -2.17. The van der Waals surface area contributed by atoms with E-state index in [2.05, 4.69) is 31.8 Å². The molecule has 3 aromatic heterocycles. The Hall–Kier alpha value is -2.04. The van der Waals surface area contributed by atoms with Crippen LogP contribution in [0.2, 0.25) is 0 Å². The fraction of sp³-hybridized carbons (Fsp3) is 0.611. The Labute approximate surface area is 163 Å². The van der Waals surface area contributed by atoms with Gasteiger partial charge in [-0.2, -0.15) is 12.7 Å². The van der Waals surface area contributed by atoms with Gasteiger partial charge in [-0.1, -0.05) is 26.2 Å². The minimum atomic E-state index is -3.47. The smallest absolute Gasteiger partial charge is 0.279 e. The molecule has 3 aromatic rings. The van der Waals surface area contributed by atoms with Gasteiger partial charge in [0.15, 0.2) is 11.3 Å². The molecule has 1 aliphatic heterocycles. The second-order valence-corrected chi connectivity index (χ2v) is 9.70. The lowest BCUT2D eigenvalue weighted by molar-refractivity contribution is 0.440. The Morgan fingerprint density at radius 3 is 2.93 bits per heavy atom. The van der Waals surface area contributed by atoms with E-state index in [9.17, 15) is 8.42 Å². The van der Waals surface area contributed by atoms with Crippen LogP contribution in [0.5, 0.6) is 0 Å². The number of rotatable bonds is 7. The van der Waals surface area contributed by atoms with Crippen molar-refractivity contribution < 1.29 is 8.42 Å². The van der Waals surface area contributed by atoms with Crippen LogP contribution in [-0.2, 0) is 10.2 Å². The van der Waals surface area contributed by atoms with E-state index in [0.717, 1.165) is 29.8 Å². The van der Waals surface area contributed by atoms with E-state index >= 15 is 0 Å². The first-order valence-corrected chi connectivity index (χ1v) is 11.4. The van der Waals surface area contributed by atoms with Crippen LogP contribution in [0.4, 0.5) is 0 Å². The number of hydrogen-bond donors (Lipinski definition) is 2. The van der Waals surface area contributed by atoms with E-state index in [1.54, 1.807) is 10.5 Å². The van der Waals surface area contributed by atoms with Gasteiger partial charge in [0, 0.05) is 31.7 Å². The van der Waals surface area contributed by atoms with E-state index in [1.165, 1.54) is 12.8 Å². The molecule has 9 nitrogen and oxygen atoms in total. The molecule has 0 amide bonds. The highest BCUT2D eigenvalue weighted by Gasteiger charge is 2.41. The lowest BCUT2D eigenvalue weighted by Crippen LogP contribution is -2.40. The van der Waals surface area contributed by atoms with Crippen molar-refractivity contribution in [3.63, 3.8) is 0 Å². The zero-order chi connectivity index (χ0) is 19.3. The maximum atomic E-state index is 12.8. The average Bonchev–Trinajstić information content (AvgIpc) is 3.11. The van der Waals surface area contributed by atoms with Gasteiger partial charge in [-0.3, -0.25) is 4.40 Å². The Bertz CT molecular complexity index is 1100. The van der Waals surface area contributed by atoms with Gasteiger partial charge in [-0.25, -0.2) is 9.71 Å². The Balaban J connectivity index is 1.43. The summed E-state index contributed by atoms with van der Waals surface area (Å²) < 4.78 is 32.0. The molecule has 0 aromatic carbocycles. The third kappa shape index (κ3) is 3.09. The van der Waals surface area contributed by atoms with Crippen molar-refractivity contribution >= 4 is 27.0 Å². The Kier molecular flexibility index (Phi) is 4.37. The van der Waals surface area contributed by atoms with Crippen molar-refractivity contribution in [2.24, 2.45) is 11.8 Å². The number of aromatic nitrogens is 5. The normalized spacial score (nSPS) is 23.9. The standard InChI is InChI=1S/C18H25N7O2S/c1-2-13-10-24(28(26,27)21-8-5-12-3-4-12)11-14(13)18-23-22-16-9-20-17-15(25(16)18)6-7-19-17/h6-7,9,12-14,19,21H,2-5,8,10-11H2,1H3/t13-,14+/m1/s1. The Morgan fingerprint density at radius 2 is 2.14 bits per heavy atom. The molecule has 2 fully saturated rings. The summed E-state index contributed by atoms with van der Waals surface area (Å²) >= 11 is 0. The quantitative estimate of drug-likeness (QED) is 0.624. The maximum Gasteiger partial charge on any atom is 0.279 e. The number of hydrogen-bond acceptors (Lipinski definition) is 5. The third-order valence-corrected chi connectivity index (χ3v) is 7.65. The van der Waals surface area contributed by atoms with Crippen LogP contribution in [0.1, 0.15) is 44.3 Å². The van der Waals surface area contributed by atoms with Gasteiger partial charge in [0.2, 0.25) is 0 Å². The molecule has 1 saturated carbocycles. The first kappa shape index (κ1) is 18.0. The Morgan fingerprint density at radius 1 is 1.29 bits per heavy atom. The molecule has 2 N–H and O–H groups in total. The fourth-order valence-electron chi connectivity index (χ4n) is 4.26. The number of H-pyrrole nitrogens is 1. The van der Waals surface area contributed by atoms with Gasteiger partial charge in [0.1, 0.15) is 5.82 Å². The molecule has 2 aliphatic rings. The van der Waals surface area contributed by atoms with Crippen LogP contribution < -0.4 is 4.72 Å². The van der Waals surface area contributed by atoms with Crippen LogP contribution in [0, 0.1) is 11.8 Å². The first-order chi connectivity index (χ1) is 13.6. The summed E-state index contributed by atoms with van der Waals surface area (Å²) in [5.74, 6) is 1.72. The average molecular weight is 404 g/mol. The molecule has 0 radical (unpaired) electrons. The topological polar surface area (TPSA) is 108 Å². The molecule has 1 aliphatic carbocycles. The fourth-order valence-corrected chi connectivity index (χ4v) is 5.57. The second-order valence-electron chi connectivity index (χ2n) is 7.94. The van der Waals surface area contributed by atoms with E-state index < -0.39 is 10.2 Å². The molecular formula is C18H25N7O2S. The summed E-state index contributed by atoms with van der Waals surface area (Å²) in [6, 6.07) is 1.95. The van der Waals surface area contributed by atoms with Crippen LogP contribution in [0.3, 0.4) is 0 Å². The first-order valence-electron chi connectivity index (χ1n) is 9.98. The molecule has 150 valence electrons. The summed E-state index contributed by atoms with van der Waals surface area (Å²) in [5, 5.41) is 8.71. The van der Waals surface area contributed by atoms with E-state index in [0.29, 0.717) is 31.2 Å². The predicted molar refractivity (Wildman–Crippen MR) is 105 cm³/mol. The second kappa shape index (κ2) is 6.78. The largest absolute Gasteiger partial charge is 0.345 e. The summed E-state index contributed by atoms with van der Waals surface area (Å²) in [5.41, 5.74) is 2.36. The van der Waals surface area contributed by atoms with Crippen molar-refractivity contribution in [2.75, 3.05) is 19.6 Å². The molecule has 10 heteroatoms. The van der Waals surface area contributed by atoms with Crippen molar-refractivity contribution in [1.82, 2.24) is 33.6 Å². The van der Waals surface area contributed by atoms with E-state index in [1.807, 2.05) is 16.7 Å². The number of nitrogens with one attached hydrogen (secondary N) is 2. The van der Waals surface area contributed by atoms with Crippen molar-refractivity contribution in [3.8, 4) is 0 Å². The molecule has 4 heterocycles. The van der Waals surface area contributed by atoms with Gasteiger partial charge in [-0.05, 0) is 24.3 Å². The van der Waals surface area contributed by atoms with Gasteiger partial charge < -0.3 is 4.98 Å². The molecule has 28 heavy (non-hydrogen) atoms. The maximum absolute atomic E-state index is 12.8.